The number of anilines is 1. The highest BCUT2D eigenvalue weighted by Crippen LogP contribution is 2.37. The number of halogens is 2. The monoisotopic (exact) mass is 640 g/mol. The van der Waals surface area contributed by atoms with Crippen LogP contribution in [-0.4, -0.2) is 67.2 Å². The second kappa shape index (κ2) is 11.8. The SMILES string of the molecule is Cc1[nH]c(C=C2C(=O)Nc3ccc(S(=O)(=O)Cc4c(Cl)cccc4Cl)cc32)c(C)c1C(=O)N1CCC[C@@H]1CN1CCCC1. The van der Waals surface area contributed by atoms with Crippen LogP contribution >= 0.6 is 23.2 Å². The first kappa shape index (κ1) is 29.9. The minimum atomic E-state index is -3.84. The molecule has 11 heteroatoms. The number of hydrogen-bond donors (Lipinski definition) is 2. The molecule has 6 rings (SSSR count). The third-order valence-corrected chi connectivity index (χ3v) is 11.2. The summed E-state index contributed by atoms with van der Waals surface area (Å²) in [5.74, 6) is -0.704. The van der Waals surface area contributed by atoms with Crippen molar-refractivity contribution in [1.29, 1.82) is 0 Å². The zero-order valence-electron chi connectivity index (χ0n) is 24.2. The molecule has 2 fully saturated rings. The molecule has 1 atom stereocenters. The van der Waals surface area contributed by atoms with Gasteiger partial charge in [0.05, 0.1) is 21.8 Å². The van der Waals surface area contributed by atoms with Crippen molar-refractivity contribution in [1.82, 2.24) is 14.8 Å². The summed E-state index contributed by atoms with van der Waals surface area (Å²) in [4.78, 5) is 34.7. The lowest BCUT2D eigenvalue weighted by Crippen LogP contribution is -2.42. The first-order chi connectivity index (χ1) is 20.5. The van der Waals surface area contributed by atoms with E-state index in [1.807, 2.05) is 18.7 Å². The maximum Gasteiger partial charge on any atom is 0.256 e. The number of aromatic amines is 1. The number of benzene rings is 2. The molecule has 2 N–H and O–H groups in total. The number of nitrogens with zero attached hydrogens (tertiary/aromatic N) is 2. The Hall–Kier alpha value is -3.11. The Morgan fingerprint density at radius 2 is 1.77 bits per heavy atom. The zero-order chi connectivity index (χ0) is 30.5. The van der Waals surface area contributed by atoms with Gasteiger partial charge in [-0.05, 0) is 94.6 Å². The zero-order valence-corrected chi connectivity index (χ0v) is 26.5. The lowest BCUT2D eigenvalue weighted by molar-refractivity contribution is -0.110. The van der Waals surface area contributed by atoms with Crippen molar-refractivity contribution >= 4 is 62.2 Å². The summed E-state index contributed by atoms with van der Waals surface area (Å²) >= 11 is 12.5. The maximum absolute atomic E-state index is 13.8. The van der Waals surface area contributed by atoms with Gasteiger partial charge in [0, 0.05) is 57.4 Å². The Kier molecular flexibility index (Phi) is 8.19. The molecule has 0 bridgehead atoms. The molecule has 0 saturated carbocycles. The lowest BCUT2D eigenvalue weighted by atomic mass is 10.0. The molecule has 0 unspecified atom stereocenters. The molecule has 226 valence electrons. The molecular formula is C32H34Cl2N4O4S. The van der Waals surface area contributed by atoms with Crippen LogP contribution in [0.1, 0.15) is 64.1 Å². The number of rotatable bonds is 7. The van der Waals surface area contributed by atoms with Gasteiger partial charge in [-0.15, -0.1) is 0 Å². The van der Waals surface area contributed by atoms with Gasteiger partial charge in [-0.3, -0.25) is 9.59 Å². The van der Waals surface area contributed by atoms with Gasteiger partial charge in [0.15, 0.2) is 9.84 Å². The standard InChI is InChI=1S/C32H34Cl2N4O4S/c1-19-29(35-20(2)30(19)32(40)38-14-6-7-21(38)17-37-12-3-4-13-37)16-24-23-15-22(10-11-28(23)36-31(24)39)43(41,42)18-25-26(33)8-5-9-27(25)34/h5,8-11,15-16,21,35H,3-4,6-7,12-14,17-18H2,1-2H3,(H,36,39)/t21-/m1/s1. The smallest absolute Gasteiger partial charge is 0.256 e. The van der Waals surface area contributed by atoms with E-state index in [-0.39, 0.29) is 38.5 Å². The Balaban J connectivity index is 1.29. The first-order valence-electron chi connectivity index (χ1n) is 14.6. The van der Waals surface area contributed by atoms with E-state index in [1.165, 1.54) is 25.0 Å². The molecule has 2 aromatic carbocycles. The normalized spacial score (nSPS) is 19.8. The fourth-order valence-corrected chi connectivity index (χ4v) is 8.65. The predicted molar refractivity (Wildman–Crippen MR) is 170 cm³/mol. The van der Waals surface area contributed by atoms with E-state index < -0.39 is 9.84 Å². The minimum Gasteiger partial charge on any atom is -0.358 e. The molecular weight excluding hydrogens is 607 g/mol. The van der Waals surface area contributed by atoms with E-state index in [4.69, 9.17) is 23.2 Å². The van der Waals surface area contributed by atoms with Crippen molar-refractivity contribution in [2.45, 2.75) is 56.2 Å². The summed E-state index contributed by atoms with van der Waals surface area (Å²) in [5, 5.41) is 3.37. The lowest BCUT2D eigenvalue weighted by Gasteiger charge is -2.28. The van der Waals surface area contributed by atoms with E-state index in [0.717, 1.165) is 50.3 Å². The highest BCUT2D eigenvalue weighted by Gasteiger charge is 2.34. The van der Waals surface area contributed by atoms with Crippen molar-refractivity contribution in [2.24, 2.45) is 0 Å². The third kappa shape index (κ3) is 5.76. The molecule has 3 aromatic rings. The Bertz CT molecular complexity index is 1740. The van der Waals surface area contributed by atoms with Gasteiger partial charge >= 0.3 is 0 Å². The van der Waals surface area contributed by atoms with Gasteiger partial charge in [0.25, 0.3) is 11.8 Å². The molecule has 3 aliphatic rings. The summed E-state index contributed by atoms with van der Waals surface area (Å²) in [5.41, 5.74) is 4.42. The molecule has 0 radical (unpaired) electrons. The van der Waals surface area contributed by atoms with Gasteiger partial charge in [-0.1, -0.05) is 29.3 Å². The van der Waals surface area contributed by atoms with Crippen LogP contribution in [-0.2, 0) is 20.4 Å². The third-order valence-electron chi connectivity index (χ3n) is 8.81. The molecule has 4 heterocycles. The number of H-pyrrole nitrogens is 1. The predicted octanol–water partition coefficient (Wildman–Crippen LogP) is 6.11. The number of likely N-dealkylation sites (tertiary alicyclic amines) is 2. The maximum atomic E-state index is 13.8. The highest BCUT2D eigenvalue weighted by molar-refractivity contribution is 7.90. The van der Waals surface area contributed by atoms with E-state index >= 15 is 0 Å². The molecule has 2 amide bonds. The number of carbonyl (C=O) groups is 2. The van der Waals surface area contributed by atoms with E-state index in [0.29, 0.717) is 33.6 Å². The number of amides is 2. The fraction of sp³-hybridized carbons (Fsp3) is 0.375. The number of aromatic nitrogens is 1. The van der Waals surface area contributed by atoms with Crippen LogP contribution in [0, 0.1) is 13.8 Å². The Morgan fingerprint density at radius 3 is 2.49 bits per heavy atom. The van der Waals surface area contributed by atoms with Crippen molar-refractivity contribution in [3.05, 3.63) is 80.1 Å². The van der Waals surface area contributed by atoms with Crippen molar-refractivity contribution < 1.29 is 18.0 Å². The van der Waals surface area contributed by atoms with Gasteiger partial charge in [-0.25, -0.2) is 8.42 Å². The van der Waals surface area contributed by atoms with Crippen LogP contribution < -0.4 is 5.32 Å². The Labute approximate surface area is 262 Å². The van der Waals surface area contributed by atoms with Crippen molar-refractivity contribution in [3.63, 3.8) is 0 Å². The van der Waals surface area contributed by atoms with Crippen LogP contribution in [0.2, 0.25) is 10.0 Å². The van der Waals surface area contributed by atoms with Gasteiger partial charge in [0.1, 0.15) is 0 Å². The second-order valence-electron chi connectivity index (χ2n) is 11.6. The first-order valence-corrected chi connectivity index (χ1v) is 17.0. The molecule has 1 aromatic heterocycles. The van der Waals surface area contributed by atoms with Gasteiger partial charge < -0.3 is 20.1 Å². The van der Waals surface area contributed by atoms with E-state index in [2.05, 4.69) is 15.2 Å². The minimum absolute atomic E-state index is 0.0143. The number of sulfone groups is 1. The number of carbonyl (C=O) groups excluding carboxylic acids is 2. The number of nitrogens with one attached hydrogen (secondary N) is 2. The molecule has 2 saturated heterocycles. The summed E-state index contributed by atoms with van der Waals surface area (Å²) in [6.07, 6.45) is 6.14. The average molecular weight is 642 g/mol. The fourth-order valence-electron chi connectivity index (χ4n) is 6.53. The van der Waals surface area contributed by atoms with Crippen LogP contribution in [0.3, 0.4) is 0 Å². The van der Waals surface area contributed by atoms with Crippen molar-refractivity contribution in [2.75, 3.05) is 31.5 Å². The second-order valence-corrected chi connectivity index (χ2v) is 14.4. The van der Waals surface area contributed by atoms with Gasteiger partial charge in [0.2, 0.25) is 0 Å². The number of hydrogen-bond acceptors (Lipinski definition) is 5. The quantitative estimate of drug-likeness (QED) is 0.304. The summed E-state index contributed by atoms with van der Waals surface area (Å²) in [6.45, 7) is 7.61. The summed E-state index contributed by atoms with van der Waals surface area (Å²) in [6, 6.07) is 9.62. The summed E-state index contributed by atoms with van der Waals surface area (Å²) in [7, 11) is -3.84. The number of aryl methyl sites for hydroxylation is 1. The topological polar surface area (TPSA) is 103 Å². The average Bonchev–Trinajstić information content (AvgIpc) is 3.75. The molecule has 43 heavy (non-hydrogen) atoms. The van der Waals surface area contributed by atoms with E-state index in [1.54, 1.807) is 30.3 Å². The Morgan fingerprint density at radius 1 is 1.05 bits per heavy atom. The van der Waals surface area contributed by atoms with Crippen LogP contribution in [0.5, 0.6) is 0 Å². The molecule has 3 aliphatic heterocycles. The van der Waals surface area contributed by atoms with Gasteiger partial charge in [-0.2, -0.15) is 0 Å². The van der Waals surface area contributed by atoms with Crippen LogP contribution in [0.25, 0.3) is 11.6 Å². The number of fused-ring (bicyclic) bond motifs is 1. The highest BCUT2D eigenvalue weighted by atomic mass is 35.5. The molecule has 0 spiro atoms. The molecule has 8 nitrogen and oxygen atoms in total. The van der Waals surface area contributed by atoms with Crippen LogP contribution in [0.15, 0.2) is 41.3 Å². The largest absolute Gasteiger partial charge is 0.358 e. The molecule has 0 aliphatic carbocycles. The van der Waals surface area contributed by atoms with Crippen LogP contribution in [0.4, 0.5) is 5.69 Å². The van der Waals surface area contributed by atoms with Crippen molar-refractivity contribution in [3.8, 4) is 0 Å². The van der Waals surface area contributed by atoms with E-state index in [9.17, 15) is 18.0 Å². The summed E-state index contributed by atoms with van der Waals surface area (Å²) < 4.78 is 26.8.